The van der Waals surface area contributed by atoms with Gasteiger partial charge < -0.3 is 10.1 Å². The third-order valence-electron chi connectivity index (χ3n) is 5.85. The number of carbonyl (C=O) groups is 3. The van der Waals surface area contributed by atoms with Crippen molar-refractivity contribution >= 4 is 30.0 Å². The third-order valence-corrected chi connectivity index (χ3v) is 5.85. The first-order chi connectivity index (χ1) is 16.2. The molecule has 1 aliphatic carbocycles. The van der Waals surface area contributed by atoms with E-state index in [1.165, 1.54) is 0 Å². The van der Waals surface area contributed by atoms with Crippen LogP contribution in [0.2, 0.25) is 0 Å². The summed E-state index contributed by atoms with van der Waals surface area (Å²) in [6.45, 7) is 13.6. The van der Waals surface area contributed by atoms with E-state index >= 15 is 0 Å². The smallest absolute Gasteiger partial charge is 0.310 e. The maximum atomic E-state index is 13.5. The van der Waals surface area contributed by atoms with E-state index < -0.39 is 0 Å². The summed E-state index contributed by atoms with van der Waals surface area (Å²) in [5.74, 6) is -0.630. The lowest BCUT2D eigenvalue weighted by Crippen LogP contribution is -2.27. The summed E-state index contributed by atoms with van der Waals surface area (Å²) in [4.78, 5) is 42.0. The van der Waals surface area contributed by atoms with Crippen LogP contribution >= 0.6 is 0 Å². The minimum absolute atomic E-state index is 0.0471. The van der Waals surface area contributed by atoms with Crippen LogP contribution in [0.25, 0.3) is 5.57 Å². The number of unbranched alkanes of at least 4 members (excludes halogenated alkanes) is 1. The predicted molar refractivity (Wildman–Crippen MR) is 136 cm³/mol. The van der Waals surface area contributed by atoms with Gasteiger partial charge in [-0.05, 0) is 70.0 Å². The van der Waals surface area contributed by atoms with Crippen LogP contribution in [0.4, 0.5) is 0 Å². The molecule has 0 aliphatic heterocycles. The predicted octanol–water partition coefficient (Wildman–Crippen LogP) is 5.31. The SMILES string of the molecule is C=N/C(=C\C=C/C)C(=O)NCCC1CC(OC(=O)CCCC)=C(c2c(C)cc(C)cc2C)C1=O. The fraction of sp³-hybridized carbons (Fsp3) is 0.429. The Kier molecular flexibility index (Phi) is 10.2. The molecule has 1 aromatic rings. The zero-order valence-electron chi connectivity index (χ0n) is 21.0. The van der Waals surface area contributed by atoms with Gasteiger partial charge in [-0.2, -0.15) is 0 Å². The summed E-state index contributed by atoms with van der Waals surface area (Å²) < 4.78 is 5.74. The lowest BCUT2D eigenvalue weighted by molar-refractivity contribution is -0.139. The number of aryl methyl sites for hydroxylation is 3. The first kappa shape index (κ1) is 27.0. The van der Waals surface area contributed by atoms with Crippen molar-refractivity contribution < 1.29 is 19.1 Å². The minimum atomic E-state index is -0.371. The second kappa shape index (κ2) is 12.8. The van der Waals surface area contributed by atoms with Crippen LogP contribution in [0.3, 0.4) is 0 Å². The average Bonchev–Trinajstić information content (AvgIpc) is 3.07. The largest absolute Gasteiger partial charge is 0.430 e. The number of esters is 1. The van der Waals surface area contributed by atoms with Gasteiger partial charge in [0.1, 0.15) is 11.5 Å². The summed E-state index contributed by atoms with van der Waals surface area (Å²) in [5.41, 5.74) is 4.63. The fourth-order valence-electron chi connectivity index (χ4n) is 4.27. The van der Waals surface area contributed by atoms with Crippen molar-refractivity contribution in [2.24, 2.45) is 10.9 Å². The van der Waals surface area contributed by atoms with Gasteiger partial charge >= 0.3 is 5.97 Å². The number of nitrogens with zero attached hydrogens (tertiary/aromatic N) is 1. The van der Waals surface area contributed by atoms with Gasteiger partial charge in [-0.3, -0.25) is 19.4 Å². The molecule has 1 amide bonds. The molecule has 6 nitrogen and oxygen atoms in total. The molecule has 0 radical (unpaired) electrons. The summed E-state index contributed by atoms with van der Waals surface area (Å²) in [5, 5.41) is 2.81. The molecule has 0 heterocycles. The van der Waals surface area contributed by atoms with E-state index in [0.717, 1.165) is 35.1 Å². The number of amides is 1. The topological polar surface area (TPSA) is 84.8 Å². The molecule has 1 atom stereocenters. The summed E-state index contributed by atoms with van der Waals surface area (Å²) >= 11 is 0. The maximum absolute atomic E-state index is 13.5. The van der Waals surface area contributed by atoms with Crippen LogP contribution in [0.1, 0.15) is 68.2 Å². The molecule has 2 rings (SSSR count). The fourth-order valence-corrected chi connectivity index (χ4v) is 4.27. The van der Waals surface area contributed by atoms with Crippen LogP contribution in [0, 0.1) is 26.7 Å². The van der Waals surface area contributed by atoms with Crippen molar-refractivity contribution in [1.82, 2.24) is 5.32 Å². The minimum Gasteiger partial charge on any atom is -0.430 e. The van der Waals surface area contributed by atoms with Crippen molar-refractivity contribution in [3.63, 3.8) is 0 Å². The third kappa shape index (κ3) is 6.86. The Morgan fingerprint density at radius 1 is 1.24 bits per heavy atom. The number of benzene rings is 1. The quantitative estimate of drug-likeness (QED) is 0.208. The number of ether oxygens (including phenoxy) is 1. The van der Waals surface area contributed by atoms with Gasteiger partial charge in [0.2, 0.25) is 0 Å². The zero-order valence-corrected chi connectivity index (χ0v) is 21.0. The van der Waals surface area contributed by atoms with Crippen LogP contribution in [0.15, 0.2) is 46.8 Å². The molecular formula is C28H36N2O4. The molecule has 0 aromatic heterocycles. The molecule has 1 unspecified atom stereocenters. The molecular weight excluding hydrogens is 428 g/mol. The van der Waals surface area contributed by atoms with Crippen molar-refractivity contribution in [3.8, 4) is 0 Å². The Morgan fingerprint density at radius 3 is 2.50 bits per heavy atom. The lowest BCUT2D eigenvalue weighted by Gasteiger charge is -2.14. The van der Waals surface area contributed by atoms with Gasteiger partial charge in [0.15, 0.2) is 5.78 Å². The first-order valence-corrected chi connectivity index (χ1v) is 11.9. The van der Waals surface area contributed by atoms with Crippen LogP contribution in [-0.4, -0.2) is 30.9 Å². The number of ketones is 1. The molecule has 0 bridgehead atoms. The van der Waals surface area contributed by atoms with Crippen LogP contribution < -0.4 is 5.32 Å². The maximum Gasteiger partial charge on any atom is 0.310 e. The molecule has 1 aliphatic rings. The van der Waals surface area contributed by atoms with Gasteiger partial charge in [0.05, 0.1) is 5.57 Å². The van der Waals surface area contributed by atoms with E-state index in [9.17, 15) is 14.4 Å². The number of rotatable bonds is 11. The summed E-state index contributed by atoms with van der Waals surface area (Å²) in [6.07, 6.45) is 7.82. The zero-order chi connectivity index (χ0) is 25.3. The Hall–Kier alpha value is -3.28. The highest BCUT2D eigenvalue weighted by molar-refractivity contribution is 6.25. The standard InChI is InChI=1S/C28H36N2O4/c1-7-9-11-22(29-6)28(33)30-14-13-21-17-23(34-24(31)12-10-8-2)26(27(21)32)25-19(4)15-18(3)16-20(25)5/h7,9,11,15-16,21H,6,8,10,12-14,17H2,1-5H3,(H,30,33)/b9-7-,22-11-. The Labute approximate surface area is 202 Å². The van der Waals surface area contributed by atoms with E-state index in [4.69, 9.17) is 4.74 Å². The number of carbonyl (C=O) groups excluding carboxylic acids is 3. The molecule has 0 fully saturated rings. The number of hydrogen-bond acceptors (Lipinski definition) is 5. The first-order valence-electron chi connectivity index (χ1n) is 11.9. The number of aliphatic imine (C=N–C) groups is 1. The number of allylic oxidation sites excluding steroid dienone is 5. The monoisotopic (exact) mass is 464 g/mol. The highest BCUT2D eigenvalue weighted by atomic mass is 16.5. The normalized spacial score (nSPS) is 16.3. The Balaban J connectivity index is 2.23. The van der Waals surface area contributed by atoms with Crippen LogP contribution in [0.5, 0.6) is 0 Å². The van der Waals surface area contributed by atoms with Crippen molar-refractivity contribution in [3.05, 3.63) is 64.1 Å². The molecule has 34 heavy (non-hydrogen) atoms. The van der Waals surface area contributed by atoms with Gasteiger partial charge in [-0.15, -0.1) is 0 Å². The van der Waals surface area contributed by atoms with E-state index in [0.29, 0.717) is 37.1 Å². The number of hydrogen-bond donors (Lipinski definition) is 1. The molecule has 0 saturated heterocycles. The van der Waals surface area contributed by atoms with Crippen LogP contribution in [-0.2, 0) is 19.1 Å². The average molecular weight is 465 g/mol. The molecule has 182 valence electrons. The highest BCUT2D eigenvalue weighted by Gasteiger charge is 2.37. The van der Waals surface area contributed by atoms with E-state index in [2.05, 4.69) is 17.0 Å². The van der Waals surface area contributed by atoms with E-state index in [1.54, 1.807) is 18.2 Å². The second-order valence-corrected chi connectivity index (χ2v) is 8.70. The van der Waals surface area contributed by atoms with Gasteiger partial charge in [0, 0.05) is 25.3 Å². The molecule has 6 heteroatoms. The molecule has 0 saturated carbocycles. The highest BCUT2D eigenvalue weighted by Crippen LogP contribution is 2.40. The summed E-state index contributed by atoms with van der Waals surface area (Å²) in [6, 6.07) is 4.07. The lowest BCUT2D eigenvalue weighted by atomic mass is 9.90. The molecule has 1 N–H and O–H groups in total. The van der Waals surface area contributed by atoms with Gasteiger partial charge in [-0.25, -0.2) is 0 Å². The van der Waals surface area contributed by atoms with Crippen molar-refractivity contribution in [2.45, 2.75) is 66.7 Å². The number of Topliss-reactive ketones (excluding diaryl/α,β-unsaturated/α-hetero) is 1. The van der Waals surface area contributed by atoms with E-state index in [-0.39, 0.29) is 29.3 Å². The van der Waals surface area contributed by atoms with Crippen molar-refractivity contribution in [1.29, 1.82) is 0 Å². The molecule has 0 spiro atoms. The Morgan fingerprint density at radius 2 is 1.91 bits per heavy atom. The van der Waals surface area contributed by atoms with Crippen molar-refractivity contribution in [2.75, 3.05) is 6.54 Å². The van der Waals surface area contributed by atoms with Gasteiger partial charge in [-0.1, -0.05) is 43.2 Å². The number of nitrogens with one attached hydrogen (secondary N) is 1. The Bertz CT molecular complexity index is 1020. The second-order valence-electron chi connectivity index (χ2n) is 8.70. The summed E-state index contributed by atoms with van der Waals surface area (Å²) in [7, 11) is 0. The van der Waals surface area contributed by atoms with E-state index in [1.807, 2.05) is 46.8 Å². The van der Waals surface area contributed by atoms with Gasteiger partial charge in [0.25, 0.3) is 5.91 Å². The molecule has 1 aromatic carbocycles.